The molecule has 4 nitrogen and oxygen atoms in total. The first-order valence-electron chi connectivity index (χ1n) is 7.45. The number of aromatic nitrogens is 2. The van der Waals surface area contributed by atoms with Gasteiger partial charge in [0.15, 0.2) is 5.69 Å². The van der Waals surface area contributed by atoms with Gasteiger partial charge >= 0.3 is 6.18 Å². The first-order chi connectivity index (χ1) is 11.3. The molecule has 128 valence electrons. The summed E-state index contributed by atoms with van der Waals surface area (Å²) < 4.78 is 52.3. The molecule has 1 aliphatic heterocycles. The molecule has 1 fully saturated rings. The SMILES string of the molecule is Cn1nc(C(=O)N2CCCC2c2ccc(F)cc2)cc1C(F)(F)F. The maximum absolute atomic E-state index is 13.1. The van der Waals surface area contributed by atoms with Gasteiger partial charge in [0.2, 0.25) is 0 Å². The molecule has 0 N–H and O–H groups in total. The number of carbonyl (C=O) groups is 1. The first-order valence-corrected chi connectivity index (χ1v) is 7.45. The van der Waals surface area contributed by atoms with Crippen molar-refractivity contribution in [3.8, 4) is 0 Å². The van der Waals surface area contributed by atoms with Gasteiger partial charge in [-0.2, -0.15) is 18.3 Å². The normalized spacial score (nSPS) is 18.2. The first kappa shape index (κ1) is 16.5. The molecular formula is C16H15F4N3O. The van der Waals surface area contributed by atoms with E-state index in [1.54, 1.807) is 12.1 Å². The average molecular weight is 341 g/mol. The van der Waals surface area contributed by atoms with Crippen LogP contribution in [-0.2, 0) is 13.2 Å². The van der Waals surface area contributed by atoms with Crippen molar-refractivity contribution >= 4 is 5.91 Å². The van der Waals surface area contributed by atoms with Crippen LogP contribution in [0.2, 0.25) is 0 Å². The minimum Gasteiger partial charge on any atom is -0.330 e. The van der Waals surface area contributed by atoms with E-state index in [1.807, 2.05) is 0 Å². The van der Waals surface area contributed by atoms with E-state index in [0.717, 1.165) is 25.1 Å². The Bertz CT molecular complexity index is 752. The van der Waals surface area contributed by atoms with Crippen LogP contribution in [-0.4, -0.2) is 27.1 Å². The number of hydrogen-bond acceptors (Lipinski definition) is 2. The van der Waals surface area contributed by atoms with Crippen molar-refractivity contribution in [2.75, 3.05) is 6.54 Å². The standard InChI is InChI=1S/C16H15F4N3O/c1-22-14(16(18,19)20)9-12(21-22)15(24)23-8-2-3-13(23)10-4-6-11(17)7-5-10/h4-7,9,13H,2-3,8H2,1H3. The van der Waals surface area contributed by atoms with E-state index in [-0.39, 0.29) is 17.6 Å². The highest BCUT2D eigenvalue weighted by atomic mass is 19.4. The smallest absolute Gasteiger partial charge is 0.330 e. The summed E-state index contributed by atoms with van der Waals surface area (Å²) in [7, 11) is 1.15. The minimum atomic E-state index is -4.57. The summed E-state index contributed by atoms with van der Waals surface area (Å²) in [5, 5.41) is 3.71. The molecule has 0 bridgehead atoms. The number of halogens is 4. The number of amides is 1. The van der Waals surface area contributed by atoms with E-state index in [9.17, 15) is 22.4 Å². The van der Waals surface area contributed by atoms with Crippen LogP contribution in [0.5, 0.6) is 0 Å². The van der Waals surface area contributed by atoms with Gasteiger partial charge in [0.25, 0.3) is 5.91 Å². The highest BCUT2D eigenvalue weighted by molar-refractivity contribution is 5.93. The number of carbonyl (C=O) groups excluding carboxylic acids is 1. The second-order valence-corrected chi connectivity index (χ2v) is 5.74. The molecule has 0 aliphatic carbocycles. The van der Waals surface area contributed by atoms with Gasteiger partial charge in [-0.05, 0) is 30.5 Å². The Morgan fingerprint density at radius 1 is 1.25 bits per heavy atom. The third-order valence-corrected chi connectivity index (χ3v) is 4.16. The molecule has 3 rings (SSSR count). The Balaban J connectivity index is 1.87. The van der Waals surface area contributed by atoms with Gasteiger partial charge in [0, 0.05) is 19.7 Å². The second kappa shape index (κ2) is 5.92. The summed E-state index contributed by atoms with van der Waals surface area (Å²) in [5.74, 6) is -0.929. The van der Waals surface area contributed by atoms with Crippen molar-refractivity contribution in [1.29, 1.82) is 0 Å². The Morgan fingerprint density at radius 2 is 1.92 bits per heavy atom. The lowest BCUT2D eigenvalue weighted by molar-refractivity contribution is -0.143. The largest absolute Gasteiger partial charge is 0.433 e. The number of benzene rings is 1. The average Bonchev–Trinajstić information content (AvgIpc) is 3.13. The van der Waals surface area contributed by atoms with Crippen LogP contribution in [0.1, 0.15) is 40.6 Å². The molecule has 1 aliphatic rings. The van der Waals surface area contributed by atoms with Crippen molar-refractivity contribution in [2.45, 2.75) is 25.1 Å². The number of rotatable bonds is 2. The molecule has 1 saturated heterocycles. The highest BCUT2D eigenvalue weighted by Crippen LogP contribution is 2.34. The maximum atomic E-state index is 13.1. The summed E-state index contributed by atoms with van der Waals surface area (Å²) in [4.78, 5) is 14.1. The second-order valence-electron chi connectivity index (χ2n) is 5.74. The number of aryl methyl sites for hydroxylation is 1. The summed E-state index contributed by atoms with van der Waals surface area (Å²) in [6, 6.07) is 6.27. The molecule has 2 heterocycles. The zero-order chi connectivity index (χ0) is 17.5. The summed E-state index contributed by atoms with van der Waals surface area (Å²) in [6.45, 7) is 0.429. The zero-order valence-corrected chi connectivity index (χ0v) is 12.8. The third-order valence-electron chi connectivity index (χ3n) is 4.16. The molecule has 1 aromatic heterocycles. The lowest BCUT2D eigenvalue weighted by atomic mass is 10.0. The van der Waals surface area contributed by atoms with E-state index in [0.29, 0.717) is 17.6 Å². The van der Waals surface area contributed by atoms with Crippen molar-refractivity contribution < 1.29 is 22.4 Å². The van der Waals surface area contributed by atoms with Crippen LogP contribution in [0.4, 0.5) is 17.6 Å². The quantitative estimate of drug-likeness (QED) is 0.784. The fourth-order valence-electron chi connectivity index (χ4n) is 3.03. The lowest BCUT2D eigenvalue weighted by Gasteiger charge is -2.24. The highest BCUT2D eigenvalue weighted by Gasteiger charge is 2.38. The van der Waals surface area contributed by atoms with Gasteiger partial charge < -0.3 is 4.90 Å². The fraction of sp³-hybridized carbons (Fsp3) is 0.375. The van der Waals surface area contributed by atoms with Crippen LogP contribution in [0.3, 0.4) is 0 Å². The molecule has 24 heavy (non-hydrogen) atoms. The fourth-order valence-corrected chi connectivity index (χ4v) is 3.03. The molecule has 1 amide bonds. The Labute approximate surface area is 135 Å². The van der Waals surface area contributed by atoms with Crippen LogP contribution in [0.25, 0.3) is 0 Å². The molecule has 8 heteroatoms. The Kier molecular flexibility index (Phi) is 4.06. The molecule has 2 aromatic rings. The van der Waals surface area contributed by atoms with E-state index in [4.69, 9.17) is 0 Å². The van der Waals surface area contributed by atoms with Gasteiger partial charge in [-0.15, -0.1) is 0 Å². The Morgan fingerprint density at radius 3 is 2.50 bits per heavy atom. The predicted molar refractivity (Wildman–Crippen MR) is 77.6 cm³/mol. The molecule has 0 spiro atoms. The van der Waals surface area contributed by atoms with Crippen molar-refractivity contribution in [1.82, 2.24) is 14.7 Å². The van der Waals surface area contributed by atoms with Crippen LogP contribution >= 0.6 is 0 Å². The van der Waals surface area contributed by atoms with Crippen molar-refractivity contribution in [2.24, 2.45) is 7.05 Å². The van der Waals surface area contributed by atoms with Crippen LogP contribution < -0.4 is 0 Å². The minimum absolute atomic E-state index is 0.237. The van der Waals surface area contributed by atoms with Crippen molar-refractivity contribution in [3.63, 3.8) is 0 Å². The lowest BCUT2D eigenvalue weighted by Crippen LogP contribution is -2.31. The third kappa shape index (κ3) is 3.00. The molecular weight excluding hydrogens is 326 g/mol. The molecule has 1 atom stereocenters. The Hall–Kier alpha value is -2.38. The topological polar surface area (TPSA) is 38.1 Å². The summed E-state index contributed by atoms with van der Waals surface area (Å²) in [6.07, 6.45) is -3.16. The summed E-state index contributed by atoms with van der Waals surface area (Å²) >= 11 is 0. The van der Waals surface area contributed by atoms with Gasteiger partial charge in [0.1, 0.15) is 11.5 Å². The van der Waals surface area contributed by atoms with E-state index in [1.165, 1.54) is 17.0 Å². The molecule has 0 radical (unpaired) electrons. The van der Waals surface area contributed by atoms with Gasteiger partial charge in [0.05, 0.1) is 6.04 Å². The van der Waals surface area contributed by atoms with E-state index >= 15 is 0 Å². The zero-order valence-electron chi connectivity index (χ0n) is 12.8. The van der Waals surface area contributed by atoms with E-state index in [2.05, 4.69) is 5.10 Å². The summed E-state index contributed by atoms with van der Waals surface area (Å²) in [5.41, 5.74) is -0.448. The van der Waals surface area contributed by atoms with Gasteiger partial charge in [-0.1, -0.05) is 12.1 Å². The number of nitrogens with zero attached hydrogens (tertiary/aromatic N) is 3. The molecule has 0 saturated carbocycles. The monoisotopic (exact) mass is 341 g/mol. The van der Waals surface area contributed by atoms with Crippen LogP contribution in [0.15, 0.2) is 30.3 Å². The van der Waals surface area contributed by atoms with Crippen molar-refractivity contribution in [3.05, 3.63) is 53.1 Å². The van der Waals surface area contributed by atoms with E-state index < -0.39 is 17.8 Å². The maximum Gasteiger partial charge on any atom is 0.433 e. The van der Waals surface area contributed by atoms with Gasteiger partial charge in [-0.25, -0.2) is 4.39 Å². The number of hydrogen-bond donors (Lipinski definition) is 0. The number of likely N-dealkylation sites (tertiary alicyclic amines) is 1. The molecule has 1 unspecified atom stereocenters. The predicted octanol–water partition coefficient (Wildman–Crippen LogP) is 3.56. The van der Waals surface area contributed by atoms with Crippen LogP contribution in [0, 0.1) is 5.82 Å². The number of alkyl halides is 3. The molecule has 1 aromatic carbocycles. The van der Waals surface area contributed by atoms with Gasteiger partial charge in [-0.3, -0.25) is 9.48 Å².